The Balaban J connectivity index is 1.81. The lowest BCUT2D eigenvalue weighted by molar-refractivity contribution is -0.136. The summed E-state index contributed by atoms with van der Waals surface area (Å²) in [7, 11) is 0. The molecule has 4 heteroatoms. The Kier molecular flexibility index (Phi) is 3.09. The van der Waals surface area contributed by atoms with Gasteiger partial charge in [0.05, 0.1) is 5.41 Å². The zero-order chi connectivity index (χ0) is 13.5. The van der Waals surface area contributed by atoms with Crippen molar-refractivity contribution in [2.75, 3.05) is 13.1 Å². The maximum absolute atomic E-state index is 12.7. The number of piperidine rings is 1. The molecule has 0 bridgehead atoms. The van der Waals surface area contributed by atoms with Gasteiger partial charge in [0.15, 0.2) is 0 Å². The molecule has 1 saturated carbocycles. The lowest BCUT2D eigenvalue weighted by Gasteiger charge is -2.30. The fraction of sp³-hybridized carbons (Fsp3) is 0.467. The number of carbonyl (C=O) groups is 2. The van der Waals surface area contributed by atoms with Gasteiger partial charge in [0, 0.05) is 31.0 Å². The van der Waals surface area contributed by atoms with E-state index < -0.39 is 0 Å². The molecule has 0 atom stereocenters. The van der Waals surface area contributed by atoms with Crippen molar-refractivity contribution in [2.24, 2.45) is 0 Å². The van der Waals surface area contributed by atoms with Gasteiger partial charge in [0.25, 0.3) is 0 Å². The van der Waals surface area contributed by atoms with Gasteiger partial charge in [0.1, 0.15) is 5.78 Å². The Morgan fingerprint density at radius 3 is 2.47 bits per heavy atom. The lowest BCUT2D eigenvalue weighted by Crippen LogP contribution is -2.44. The molecule has 1 amide bonds. The third kappa shape index (κ3) is 2.27. The molecule has 0 N–H and O–H groups in total. The molecule has 2 fully saturated rings. The van der Waals surface area contributed by atoms with Crippen LogP contribution in [0.25, 0.3) is 0 Å². The third-order valence-electron chi connectivity index (χ3n) is 4.14. The van der Waals surface area contributed by atoms with Crippen molar-refractivity contribution in [3.8, 4) is 0 Å². The normalized spacial score (nSPS) is 21.3. The quantitative estimate of drug-likeness (QED) is 0.833. The molecule has 3 rings (SSSR count). The Hall–Kier alpha value is -1.35. The van der Waals surface area contributed by atoms with E-state index in [1.54, 1.807) is 0 Å². The largest absolute Gasteiger partial charge is 0.341 e. The Labute approximate surface area is 117 Å². The first kappa shape index (κ1) is 12.7. The van der Waals surface area contributed by atoms with Crippen LogP contribution in [0.1, 0.15) is 31.2 Å². The molecular weight excluding hydrogens is 262 g/mol. The van der Waals surface area contributed by atoms with Crippen LogP contribution < -0.4 is 0 Å². The summed E-state index contributed by atoms with van der Waals surface area (Å²) in [4.78, 5) is 25.8. The molecule has 0 unspecified atom stereocenters. The third-order valence-corrected chi connectivity index (χ3v) is 4.38. The van der Waals surface area contributed by atoms with E-state index in [2.05, 4.69) is 0 Å². The highest BCUT2D eigenvalue weighted by molar-refractivity contribution is 6.30. The number of amides is 1. The zero-order valence-corrected chi connectivity index (χ0v) is 11.4. The molecule has 1 heterocycles. The smallest absolute Gasteiger partial charge is 0.233 e. The molecule has 0 radical (unpaired) electrons. The number of nitrogens with zero attached hydrogens (tertiary/aromatic N) is 1. The topological polar surface area (TPSA) is 37.4 Å². The van der Waals surface area contributed by atoms with Gasteiger partial charge in [-0.1, -0.05) is 23.7 Å². The van der Waals surface area contributed by atoms with E-state index in [9.17, 15) is 9.59 Å². The second-order valence-electron chi connectivity index (χ2n) is 5.42. The summed E-state index contributed by atoms with van der Waals surface area (Å²) in [5, 5.41) is 0.672. The highest BCUT2D eigenvalue weighted by atomic mass is 35.5. The number of benzene rings is 1. The number of rotatable bonds is 2. The average molecular weight is 278 g/mol. The molecule has 19 heavy (non-hydrogen) atoms. The summed E-state index contributed by atoms with van der Waals surface area (Å²) in [5.74, 6) is 0.430. The molecule has 0 aromatic heterocycles. The van der Waals surface area contributed by atoms with Crippen molar-refractivity contribution >= 4 is 23.3 Å². The number of halogens is 1. The van der Waals surface area contributed by atoms with Crippen molar-refractivity contribution in [1.82, 2.24) is 4.90 Å². The summed E-state index contributed by atoms with van der Waals surface area (Å²) in [5.41, 5.74) is 0.646. The van der Waals surface area contributed by atoms with Crippen molar-refractivity contribution in [1.29, 1.82) is 0 Å². The molecule has 1 saturated heterocycles. The first-order chi connectivity index (χ1) is 9.12. The minimum atomic E-state index is -0.370. The molecule has 1 aliphatic heterocycles. The summed E-state index contributed by atoms with van der Waals surface area (Å²) >= 11 is 6.02. The summed E-state index contributed by atoms with van der Waals surface area (Å²) < 4.78 is 0. The molecule has 100 valence electrons. The minimum Gasteiger partial charge on any atom is -0.341 e. The van der Waals surface area contributed by atoms with E-state index >= 15 is 0 Å². The Morgan fingerprint density at radius 1 is 1.21 bits per heavy atom. The molecule has 1 aromatic carbocycles. The number of likely N-dealkylation sites (tertiary alicyclic amines) is 1. The SMILES string of the molecule is O=C1CCN(C(=O)C2(c3cccc(Cl)c3)CC2)CC1. The average Bonchev–Trinajstić information content (AvgIpc) is 3.20. The van der Waals surface area contributed by atoms with E-state index in [1.807, 2.05) is 29.2 Å². The van der Waals surface area contributed by atoms with Crippen LogP contribution in [0, 0.1) is 0 Å². The number of hydrogen-bond acceptors (Lipinski definition) is 2. The van der Waals surface area contributed by atoms with E-state index in [4.69, 9.17) is 11.6 Å². The van der Waals surface area contributed by atoms with Crippen molar-refractivity contribution in [2.45, 2.75) is 31.1 Å². The van der Waals surface area contributed by atoms with Crippen LogP contribution in [0.5, 0.6) is 0 Å². The van der Waals surface area contributed by atoms with Gasteiger partial charge >= 0.3 is 0 Å². The van der Waals surface area contributed by atoms with Crippen molar-refractivity contribution in [3.63, 3.8) is 0 Å². The predicted octanol–water partition coefficient (Wildman–Crippen LogP) is 2.56. The van der Waals surface area contributed by atoms with Crippen LogP contribution in [0.3, 0.4) is 0 Å². The van der Waals surface area contributed by atoms with Gasteiger partial charge in [-0.2, -0.15) is 0 Å². The fourth-order valence-corrected chi connectivity index (χ4v) is 2.99. The van der Waals surface area contributed by atoms with Gasteiger partial charge in [0.2, 0.25) is 5.91 Å². The van der Waals surface area contributed by atoms with Crippen LogP contribution in [-0.2, 0) is 15.0 Å². The zero-order valence-electron chi connectivity index (χ0n) is 10.7. The summed E-state index contributed by atoms with van der Waals surface area (Å²) in [6, 6.07) is 7.59. The monoisotopic (exact) mass is 277 g/mol. The van der Waals surface area contributed by atoms with Crippen LogP contribution in [0.2, 0.25) is 5.02 Å². The van der Waals surface area contributed by atoms with Gasteiger partial charge in [-0.25, -0.2) is 0 Å². The van der Waals surface area contributed by atoms with Crippen molar-refractivity contribution < 1.29 is 9.59 Å². The van der Waals surface area contributed by atoms with Gasteiger partial charge in [-0.05, 0) is 30.5 Å². The number of Topliss-reactive ketones (excluding diaryl/α,β-unsaturated/α-hetero) is 1. The van der Waals surface area contributed by atoms with Gasteiger partial charge in [-0.3, -0.25) is 9.59 Å². The van der Waals surface area contributed by atoms with Crippen LogP contribution >= 0.6 is 11.6 Å². The Bertz CT molecular complexity index is 527. The summed E-state index contributed by atoms with van der Waals surface area (Å²) in [6.07, 6.45) is 2.77. The summed E-state index contributed by atoms with van der Waals surface area (Å²) in [6.45, 7) is 1.14. The first-order valence-electron chi connectivity index (χ1n) is 6.69. The van der Waals surface area contributed by atoms with Gasteiger partial charge < -0.3 is 4.90 Å². The Morgan fingerprint density at radius 2 is 1.89 bits per heavy atom. The van der Waals surface area contributed by atoms with Crippen molar-refractivity contribution in [3.05, 3.63) is 34.9 Å². The highest BCUT2D eigenvalue weighted by Gasteiger charge is 2.53. The van der Waals surface area contributed by atoms with E-state index in [0.29, 0.717) is 31.0 Å². The second kappa shape index (κ2) is 4.64. The van der Waals surface area contributed by atoms with Crippen LogP contribution in [0.15, 0.2) is 24.3 Å². The number of hydrogen-bond donors (Lipinski definition) is 0. The lowest BCUT2D eigenvalue weighted by atomic mass is 9.93. The molecule has 1 aliphatic carbocycles. The molecular formula is C15H16ClNO2. The highest BCUT2D eigenvalue weighted by Crippen LogP contribution is 2.50. The number of ketones is 1. The van der Waals surface area contributed by atoms with Crippen LogP contribution in [-0.4, -0.2) is 29.7 Å². The standard InChI is InChI=1S/C15H16ClNO2/c16-12-3-1-2-11(10-12)15(6-7-15)14(19)17-8-4-13(18)5-9-17/h1-3,10H,4-9H2. The fourth-order valence-electron chi connectivity index (χ4n) is 2.80. The number of carbonyl (C=O) groups excluding carboxylic acids is 2. The van der Waals surface area contributed by atoms with E-state index in [-0.39, 0.29) is 17.1 Å². The maximum atomic E-state index is 12.7. The first-order valence-corrected chi connectivity index (χ1v) is 7.07. The molecule has 3 nitrogen and oxygen atoms in total. The predicted molar refractivity (Wildman–Crippen MR) is 73.2 cm³/mol. The second-order valence-corrected chi connectivity index (χ2v) is 5.86. The van der Waals surface area contributed by atoms with Gasteiger partial charge in [-0.15, -0.1) is 0 Å². The van der Waals surface area contributed by atoms with E-state index in [0.717, 1.165) is 18.4 Å². The maximum Gasteiger partial charge on any atom is 0.233 e. The molecule has 1 aromatic rings. The molecule has 0 spiro atoms. The van der Waals surface area contributed by atoms with Crippen LogP contribution in [0.4, 0.5) is 0 Å². The van der Waals surface area contributed by atoms with E-state index in [1.165, 1.54) is 0 Å². The molecule has 2 aliphatic rings. The minimum absolute atomic E-state index is 0.169.